The fraction of sp³-hybridized carbons (Fsp3) is 0.200. The zero-order valence-corrected chi connectivity index (χ0v) is 16.2. The Morgan fingerprint density at radius 2 is 1.71 bits per heavy atom. The molecule has 0 saturated carbocycles. The van der Waals surface area contributed by atoms with E-state index in [1.807, 2.05) is 6.26 Å². The fourth-order valence-electron chi connectivity index (χ4n) is 2.60. The molecular weight excluding hydrogens is 384 g/mol. The lowest BCUT2D eigenvalue weighted by Gasteiger charge is -2.19. The van der Waals surface area contributed by atoms with E-state index in [-0.39, 0.29) is 24.1 Å². The molecule has 0 aliphatic carbocycles. The van der Waals surface area contributed by atoms with Gasteiger partial charge in [0.05, 0.1) is 12.7 Å². The maximum absolute atomic E-state index is 13.3. The standard InChI is InChI=1S/C20H19F2N3O2S/c1-24(11-12-27-17-9-5-15(22)6-10-17)19(26)18-13-23-20(28-2)25(18)16-7-3-14(21)4-8-16/h3-10,13H,11-12H2,1-2H3. The molecule has 1 heterocycles. The molecule has 0 atom stereocenters. The number of halogens is 2. The minimum Gasteiger partial charge on any atom is -0.492 e. The van der Waals surface area contributed by atoms with E-state index in [1.54, 1.807) is 23.7 Å². The van der Waals surface area contributed by atoms with Crippen molar-refractivity contribution in [2.75, 3.05) is 26.5 Å². The summed E-state index contributed by atoms with van der Waals surface area (Å²) in [6.45, 7) is 0.591. The quantitative estimate of drug-likeness (QED) is 0.559. The predicted molar refractivity (Wildman–Crippen MR) is 104 cm³/mol. The molecule has 1 aromatic heterocycles. The summed E-state index contributed by atoms with van der Waals surface area (Å²) in [5, 5.41) is 0.630. The van der Waals surface area contributed by atoms with Crippen molar-refractivity contribution < 1.29 is 18.3 Å². The van der Waals surface area contributed by atoms with Crippen LogP contribution in [0.25, 0.3) is 5.69 Å². The molecule has 0 N–H and O–H groups in total. The SMILES string of the molecule is CSc1ncc(C(=O)N(C)CCOc2ccc(F)cc2)n1-c1ccc(F)cc1. The van der Waals surface area contributed by atoms with Crippen molar-refractivity contribution >= 4 is 17.7 Å². The highest BCUT2D eigenvalue weighted by molar-refractivity contribution is 7.98. The van der Waals surface area contributed by atoms with Gasteiger partial charge in [0.15, 0.2) is 5.16 Å². The summed E-state index contributed by atoms with van der Waals surface area (Å²) in [4.78, 5) is 18.7. The number of hydrogen-bond donors (Lipinski definition) is 0. The minimum absolute atomic E-state index is 0.236. The van der Waals surface area contributed by atoms with Crippen molar-refractivity contribution in [1.29, 1.82) is 0 Å². The van der Waals surface area contributed by atoms with Crippen LogP contribution in [0.15, 0.2) is 59.9 Å². The van der Waals surface area contributed by atoms with Gasteiger partial charge < -0.3 is 9.64 Å². The first-order chi connectivity index (χ1) is 13.5. The third-order valence-corrected chi connectivity index (χ3v) is 4.72. The Bertz CT molecular complexity index is 943. The van der Waals surface area contributed by atoms with Crippen molar-refractivity contribution in [1.82, 2.24) is 14.5 Å². The Balaban J connectivity index is 1.71. The summed E-state index contributed by atoms with van der Waals surface area (Å²) in [6, 6.07) is 11.6. The number of likely N-dealkylation sites (N-methyl/N-ethyl adjacent to an activating group) is 1. The first-order valence-electron chi connectivity index (χ1n) is 8.51. The van der Waals surface area contributed by atoms with Gasteiger partial charge in [0.1, 0.15) is 29.7 Å². The van der Waals surface area contributed by atoms with Gasteiger partial charge in [-0.2, -0.15) is 0 Å². The first kappa shape index (κ1) is 19.9. The lowest BCUT2D eigenvalue weighted by atomic mass is 10.3. The van der Waals surface area contributed by atoms with E-state index in [0.717, 1.165) is 0 Å². The number of benzene rings is 2. The molecule has 0 aliphatic heterocycles. The van der Waals surface area contributed by atoms with E-state index in [0.29, 0.717) is 28.8 Å². The summed E-state index contributed by atoms with van der Waals surface area (Å²) in [6.07, 6.45) is 3.37. The molecule has 0 unspecified atom stereocenters. The van der Waals surface area contributed by atoms with Crippen LogP contribution < -0.4 is 4.74 Å². The minimum atomic E-state index is -0.350. The first-order valence-corrected chi connectivity index (χ1v) is 9.73. The highest BCUT2D eigenvalue weighted by Gasteiger charge is 2.20. The van der Waals surface area contributed by atoms with Gasteiger partial charge in [-0.05, 0) is 54.8 Å². The van der Waals surface area contributed by atoms with Crippen molar-refractivity contribution in [2.45, 2.75) is 5.16 Å². The third kappa shape index (κ3) is 4.51. The lowest BCUT2D eigenvalue weighted by Crippen LogP contribution is -2.32. The molecule has 3 rings (SSSR count). The lowest BCUT2D eigenvalue weighted by molar-refractivity contribution is 0.0765. The number of thioether (sulfide) groups is 1. The summed E-state index contributed by atoms with van der Waals surface area (Å²) >= 11 is 1.39. The zero-order valence-electron chi connectivity index (χ0n) is 15.4. The van der Waals surface area contributed by atoms with Crippen LogP contribution >= 0.6 is 11.8 Å². The van der Waals surface area contributed by atoms with Crippen LogP contribution in [0.1, 0.15) is 10.5 Å². The van der Waals surface area contributed by atoms with E-state index in [2.05, 4.69) is 4.98 Å². The van der Waals surface area contributed by atoms with Crippen molar-refractivity contribution in [2.24, 2.45) is 0 Å². The number of amides is 1. The second-order valence-corrected chi connectivity index (χ2v) is 6.74. The average Bonchev–Trinajstić information content (AvgIpc) is 3.13. The summed E-state index contributed by atoms with van der Waals surface area (Å²) in [5.74, 6) is -0.390. The molecular formula is C20H19F2N3O2S. The number of nitrogens with zero attached hydrogens (tertiary/aromatic N) is 3. The molecule has 0 radical (unpaired) electrons. The number of carbonyl (C=O) groups is 1. The second kappa shape index (κ2) is 8.88. The third-order valence-electron chi connectivity index (χ3n) is 4.07. The normalized spacial score (nSPS) is 10.7. The maximum atomic E-state index is 13.3. The molecule has 5 nitrogen and oxygen atoms in total. The highest BCUT2D eigenvalue weighted by atomic mass is 32.2. The Labute approximate surface area is 165 Å². The molecule has 146 valence electrons. The molecule has 0 aliphatic rings. The number of rotatable bonds is 7. The Kier molecular flexibility index (Phi) is 6.30. The molecule has 1 amide bonds. The van der Waals surface area contributed by atoms with Gasteiger partial charge in [-0.3, -0.25) is 9.36 Å². The average molecular weight is 403 g/mol. The van der Waals surface area contributed by atoms with Crippen molar-refractivity contribution in [3.63, 3.8) is 0 Å². The largest absolute Gasteiger partial charge is 0.492 e. The Morgan fingerprint density at radius 1 is 1.11 bits per heavy atom. The van der Waals surface area contributed by atoms with Crippen LogP contribution in [0.2, 0.25) is 0 Å². The topological polar surface area (TPSA) is 47.4 Å². The molecule has 0 spiro atoms. The maximum Gasteiger partial charge on any atom is 0.272 e. The van der Waals surface area contributed by atoms with Gasteiger partial charge in [0.25, 0.3) is 5.91 Å². The summed E-state index contributed by atoms with van der Waals surface area (Å²) in [7, 11) is 1.66. The Hall–Kier alpha value is -2.87. The van der Waals surface area contributed by atoms with E-state index in [1.165, 1.54) is 59.3 Å². The molecule has 2 aromatic carbocycles. The number of aromatic nitrogens is 2. The van der Waals surface area contributed by atoms with Gasteiger partial charge in [0, 0.05) is 12.7 Å². The van der Waals surface area contributed by atoms with Crippen LogP contribution in [-0.4, -0.2) is 46.8 Å². The molecule has 0 fully saturated rings. The van der Waals surface area contributed by atoms with E-state index in [4.69, 9.17) is 4.74 Å². The van der Waals surface area contributed by atoms with Crippen LogP contribution in [0.3, 0.4) is 0 Å². The summed E-state index contributed by atoms with van der Waals surface area (Å²) in [5.41, 5.74) is 1.03. The molecule has 28 heavy (non-hydrogen) atoms. The fourth-order valence-corrected chi connectivity index (χ4v) is 3.14. The molecule has 0 saturated heterocycles. The molecule has 8 heteroatoms. The second-order valence-electron chi connectivity index (χ2n) is 5.97. The number of carbonyl (C=O) groups excluding carboxylic acids is 1. The highest BCUT2D eigenvalue weighted by Crippen LogP contribution is 2.23. The number of hydrogen-bond acceptors (Lipinski definition) is 4. The zero-order chi connectivity index (χ0) is 20.1. The Morgan fingerprint density at radius 3 is 2.32 bits per heavy atom. The number of imidazole rings is 1. The van der Waals surface area contributed by atoms with E-state index >= 15 is 0 Å². The smallest absolute Gasteiger partial charge is 0.272 e. The predicted octanol–water partition coefficient (Wildman–Crippen LogP) is 4.02. The van der Waals surface area contributed by atoms with Crippen molar-refractivity contribution in [3.05, 3.63) is 72.1 Å². The van der Waals surface area contributed by atoms with Crippen LogP contribution in [-0.2, 0) is 0 Å². The van der Waals surface area contributed by atoms with Crippen LogP contribution in [0.5, 0.6) is 5.75 Å². The van der Waals surface area contributed by atoms with E-state index in [9.17, 15) is 13.6 Å². The van der Waals surface area contributed by atoms with Crippen LogP contribution in [0.4, 0.5) is 8.78 Å². The summed E-state index contributed by atoms with van der Waals surface area (Å²) < 4.78 is 33.4. The van der Waals surface area contributed by atoms with Crippen molar-refractivity contribution in [3.8, 4) is 11.4 Å². The van der Waals surface area contributed by atoms with Gasteiger partial charge >= 0.3 is 0 Å². The van der Waals surface area contributed by atoms with Gasteiger partial charge in [-0.15, -0.1) is 0 Å². The number of ether oxygens (including phenoxy) is 1. The van der Waals surface area contributed by atoms with E-state index < -0.39 is 0 Å². The van der Waals surface area contributed by atoms with Gasteiger partial charge in [0.2, 0.25) is 0 Å². The van der Waals surface area contributed by atoms with Gasteiger partial charge in [-0.25, -0.2) is 13.8 Å². The van der Waals surface area contributed by atoms with Gasteiger partial charge in [-0.1, -0.05) is 11.8 Å². The molecule has 3 aromatic rings. The molecule has 0 bridgehead atoms. The monoisotopic (exact) mass is 403 g/mol. The van der Waals surface area contributed by atoms with Crippen LogP contribution in [0, 0.1) is 11.6 Å².